The molecule has 1 saturated heterocycles. The lowest BCUT2D eigenvalue weighted by Gasteiger charge is -2.16. The number of hydrogen-bond acceptors (Lipinski definition) is 4. The van der Waals surface area contributed by atoms with Crippen molar-refractivity contribution in [3.63, 3.8) is 0 Å². The molecule has 2 heterocycles. The Hall–Kier alpha value is -0.940. The van der Waals surface area contributed by atoms with Crippen LogP contribution in [0.4, 0.5) is 0 Å². The van der Waals surface area contributed by atoms with Gasteiger partial charge in [0.1, 0.15) is 0 Å². The van der Waals surface area contributed by atoms with E-state index in [0.29, 0.717) is 0 Å². The lowest BCUT2D eigenvalue weighted by molar-refractivity contribution is -0.129. The van der Waals surface area contributed by atoms with Crippen molar-refractivity contribution >= 4 is 17.2 Å². The number of amides is 1. The van der Waals surface area contributed by atoms with Crippen LogP contribution < -0.4 is 5.32 Å². The Bertz CT molecular complexity index is 353. The van der Waals surface area contributed by atoms with E-state index < -0.39 is 0 Å². The van der Waals surface area contributed by atoms with Gasteiger partial charge in [0.05, 0.1) is 17.2 Å². The maximum atomic E-state index is 12.0. The highest BCUT2D eigenvalue weighted by atomic mass is 32.1. The van der Waals surface area contributed by atoms with Gasteiger partial charge in [-0.1, -0.05) is 6.92 Å². The molecule has 1 aromatic rings. The quantitative estimate of drug-likeness (QED) is 0.831. The third-order valence-electron chi connectivity index (χ3n) is 3.06. The fourth-order valence-electron chi connectivity index (χ4n) is 2.08. The fraction of sp³-hybridized carbons (Fsp3) is 0.667. The molecule has 1 amide bonds. The Kier molecular flexibility index (Phi) is 4.50. The molecule has 1 aliphatic heterocycles. The molecule has 94 valence electrons. The Morgan fingerprint density at radius 1 is 1.65 bits per heavy atom. The third kappa shape index (κ3) is 3.26. The highest BCUT2D eigenvalue weighted by Crippen LogP contribution is 2.12. The predicted molar refractivity (Wildman–Crippen MR) is 69.1 cm³/mol. The van der Waals surface area contributed by atoms with Crippen molar-refractivity contribution in [2.45, 2.75) is 32.2 Å². The Morgan fingerprint density at radius 2 is 2.53 bits per heavy atom. The minimum atomic E-state index is 0.0467. The molecule has 1 aliphatic rings. The van der Waals surface area contributed by atoms with Gasteiger partial charge in [0, 0.05) is 24.9 Å². The van der Waals surface area contributed by atoms with E-state index in [-0.39, 0.29) is 11.9 Å². The largest absolute Gasteiger partial charge is 0.341 e. The molecule has 0 spiro atoms. The van der Waals surface area contributed by atoms with E-state index in [1.54, 1.807) is 11.3 Å². The predicted octanol–water partition coefficient (Wildman–Crippen LogP) is 1.29. The number of rotatable bonds is 6. The van der Waals surface area contributed by atoms with Gasteiger partial charge in [0.25, 0.3) is 0 Å². The van der Waals surface area contributed by atoms with E-state index in [0.717, 1.165) is 44.6 Å². The second kappa shape index (κ2) is 6.12. The summed E-state index contributed by atoms with van der Waals surface area (Å²) in [5.74, 6) is 0.258. The van der Waals surface area contributed by atoms with E-state index >= 15 is 0 Å². The number of carbonyl (C=O) groups excluding carboxylic acids is 1. The van der Waals surface area contributed by atoms with Crippen LogP contribution in [-0.2, 0) is 11.2 Å². The topological polar surface area (TPSA) is 45.2 Å². The van der Waals surface area contributed by atoms with E-state index in [2.05, 4.69) is 17.2 Å². The summed E-state index contributed by atoms with van der Waals surface area (Å²) in [5, 5.41) is 5.35. The summed E-state index contributed by atoms with van der Waals surface area (Å²) >= 11 is 1.61. The van der Waals surface area contributed by atoms with Crippen LogP contribution >= 0.6 is 11.3 Å². The van der Waals surface area contributed by atoms with E-state index in [4.69, 9.17) is 0 Å². The number of nitrogens with one attached hydrogen (secondary N) is 1. The maximum Gasteiger partial charge on any atom is 0.239 e. The first kappa shape index (κ1) is 12.5. The average molecular weight is 253 g/mol. The van der Waals surface area contributed by atoms with Crippen LogP contribution in [0.25, 0.3) is 0 Å². The maximum absolute atomic E-state index is 12.0. The number of aromatic nitrogens is 1. The van der Waals surface area contributed by atoms with Gasteiger partial charge in [-0.3, -0.25) is 4.79 Å². The standard InChI is InChI=1S/C12H19N3OS/c1-2-5-13-11-4-7-15(12(11)16)6-3-10-8-17-9-14-10/h8-9,11,13H,2-7H2,1H3. The minimum absolute atomic E-state index is 0.0467. The number of carbonyl (C=O) groups is 1. The fourth-order valence-corrected chi connectivity index (χ4v) is 2.67. The van der Waals surface area contributed by atoms with Gasteiger partial charge in [-0.2, -0.15) is 0 Å². The average Bonchev–Trinajstić information content (AvgIpc) is 2.95. The van der Waals surface area contributed by atoms with Crippen LogP contribution in [0.15, 0.2) is 10.9 Å². The summed E-state index contributed by atoms with van der Waals surface area (Å²) in [6, 6.07) is 0.0467. The summed E-state index contributed by atoms with van der Waals surface area (Å²) < 4.78 is 0. The Balaban J connectivity index is 1.77. The van der Waals surface area contributed by atoms with Crippen LogP contribution in [0, 0.1) is 0 Å². The first-order chi connectivity index (χ1) is 8.31. The lowest BCUT2D eigenvalue weighted by Crippen LogP contribution is -2.39. The van der Waals surface area contributed by atoms with Crippen LogP contribution in [0.5, 0.6) is 0 Å². The summed E-state index contributed by atoms with van der Waals surface area (Å²) in [6.45, 7) is 4.72. The first-order valence-electron chi connectivity index (χ1n) is 6.20. The molecule has 0 radical (unpaired) electrons. The highest BCUT2D eigenvalue weighted by molar-refractivity contribution is 7.07. The van der Waals surface area contributed by atoms with Crippen molar-refractivity contribution in [2.75, 3.05) is 19.6 Å². The monoisotopic (exact) mass is 253 g/mol. The normalized spacial score (nSPS) is 20.2. The van der Waals surface area contributed by atoms with E-state index in [1.807, 2.05) is 15.8 Å². The molecular weight excluding hydrogens is 234 g/mol. The molecule has 1 atom stereocenters. The molecule has 0 aliphatic carbocycles. The zero-order valence-corrected chi connectivity index (χ0v) is 11.0. The first-order valence-corrected chi connectivity index (χ1v) is 7.14. The van der Waals surface area contributed by atoms with Crippen LogP contribution in [0.3, 0.4) is 0 Å². The summed E-state index contributed by atoms with van der Waals surface area (Å²) in [6.07, 6.45) is 2.88. The molecule has 0 saturated carbocycles. The molecule has 17 heavy (non-hydrogen) atoms. The van der Waals surface area contributed by atoms with Crippen molar-refractivity contribution in [1.29, 1.82) is 0 Å². The number of nitrogens with zero attached hydrogens (tertiary/aromatic N) is 2. The molecule has 2 rings (SSSR count). The van der Waals surface area contributed by atoms with Crippen molar-refractivity contribution in [1.82, 2.24) is 15.2 Å². The Labute approximate surface area is 106 Å². The third-order valence-corrected chi connectivity index (χ3v) is 3.69. The van der Waals surface area contributed by atoms with Crippen molar-refractivity contribution in [3.05, 3.63) is 16.6 Å². The molecule has 1 unspecified atom stereocenters. The van der Waals surface area contributed by atoms with Crippen LogP contribution in [0.2, 0.25) is 0 Å². The lowest BCUT2D eigenvalue weighted by atomic mass is 10.2. The molecule has 1 fully saturated rings. The van der Waals surface area contributed by atoms with Crippen molar-refractivity contribution < 1.29 is 4.79 Å². The van der Waals surface area contributed by atoms with Gasteiger partial charge < -0.3 is 10.2 Å². The van der Waals surface area contributed by atoms with E-state index in [9.17, 15) is 4.79 Å². The molecule has 0 bridgehead atoms. The Morgan fingerprint density at radius 3 is 3.24 bits per heavy atom. The van der Waals surface area contributed by atoms with Crippen LogP contribution in [0.1, 0.15) is 25.5 Å². The number of thiazole rings is 1. The second-order valence-electron chi connectivity index (χ2n) is 4.35. The molecule has 5 heteroatoms. The van der Waals surface area contributed by atoms with Gasteiger partial charge in [0.15, 0.2) is 0 Å². The zero-order chi connectivity index (χ0) is 12.1. The van der Waals surface area contributed by atoms with Gasteiger partial charge in [0.2, 0.25) is 5.91 Å². The molecule has 1 aromatic heterocycles. The molecule has 4 nitrogen and oxygen atoms in total. The van der Waals surface area contributed by atoms with Gasteiger partial charge in [-0.05, 0) is 19.4 Å². The van der Waals surface area contributed by atoms with Gasteiger partial charge in [-0.15, -0.1) is 11.3 Å². The molecule has 1 N–H and O–H groups in total. The van der Waals surface area contributed by atoms with Gasteiger partial charge in [-0.25, -0.2) is 4.98 Å². The molecule has 0 aromatic carbocycles. The summed E-state index contributed by atoms with van der Waals surface area (Å²) in [4.78, 5) is 18.2. The smallest absolute Gasteiger partial charge is 0.239 e. The van der Waals surface area contributed by atoms with Crippen LogP contribution in [-0.4, -0.2) is 41.5 Å². The number of hydrogen-bond donors (Lipinski definition) is 1. The summed E-state index contributed by atoms with van der Waals surface area (Å²) in [5.41, 5.74) is 2.93. The van der Waals surface area contributed by atoms with Crippen molar-refractivity contribution in [3.8, 4) is 0 Å². The SMILES string of the molecule is CCCNC1CCN(CCc2cscn2)C1=O. The second-order valence-corrected chi connectivity index (χ2v) is 5.07. The summed E-state index contributed by atoms with van der Waals surface area (Å²) in [7, 11) is 0. The minimum Gasteiger partial charge on any atom is -0.341 e. The highest BCUT2D eigenvalue weighted by Gasteiger charge is 2.30. The van der Waals surface area contributed by atoms with Crippen molar-refractivity contribution in [2.24, 2.45) is 0 Å². The van der Waals surface area contributed by atoms with E-state index in [1.165, 1.54) is 0 Å². The zero-order valence-electron chi connectivity index (χ0n) is 10.2. The van der Waals surface area contributed by atoms with Gasteiger partial charge >= 0.3 is 0 Å². The number of likely N-dealkylation sites (tertiary alicyclic amines) is 1. The molecular formula is C12H19N3OS.